The Morgan fingerprint density at radius 3 is 2.39 bits per heavy atom. The van der Waals surface area contributed by atoms with Crippen LogP contribution in [0.4, 0.5) is 10.5 Å². The molecule has 2 N–H and O–H groups in total. The lowest BCUT2D eigenvalue weighted by Gasteiger charge is -2.36. The summed E-state index contributed by atoms with van der Waals surface area (Å²) in [7, 11) is 0. The van der Waals surface area contributed by atoms with Gasteiger partial charge in [-0.2, -0.15) is 0 Å². The number of anilines is 1. The second-order valence-electron chi connectivity index (χ2n) is 10.4. The van der Waals surface area contributed by atoms with Crippen LogP contribution in [0.1, 0.15) is 58.9 Å². The first-order valence-electron chi connectivity index (χ1n) is 13.3. The number of nitrogens with zero attached hydrogens (tertiary/aromatic N) is 2. The Morgan fingerprint density at radius 2 is 1.58 bits per heavy atom. The van der Waals surface area contributed by atoms with Crippen LogP contribution in [0, 0.1) is 0 Å². The van der Waals surface area contributed by atoms with E-state index in [-0.39, 0.29) is 17.9 Å². The fourth-order valence-electron chi connectivity index (χ4n) is 6.47. The number of nitrogens with one attached hydrogen (secondary N) is 2. The lowest BCUT2D eigenvalue weighted by Crippen LogP contribution is -2.44. The van der Waals surface area contributed by atoms with Gasteiger partial charge in [0, 0.05) is 29.1 Å². The molecular formula is C31H28N4O3. The van der Waals surface area contributed by atoms with Crippen LogP contribution >= 0.6 is 0 Å². The first kappa shape index (κ1) is 22.8. The minimum absolute atomic E-state index is 0.132. The maximum absolute atomic E-state index is 14.2. The Labute approximate surface area is 220 Å². The van der Waals surface area contributed by atoms with Crippen molar-refractivity contribution in [1.29, 1.82) is 0 Å². The number of urea groups is 1. The number of carbonyl (C=O) groups excluding carboxylic acids is 3. The summed E-state index contributed by atoms with van der Waals surface area (Å²) in [6.07, 6.45) is 4.52. The third kappa shape index (κ3) is 3.45. The molecule has 4 amide bonds. The van der Waals surface area contributed by atoms with Crippen molar-refractivity contribution in [2.45, 2.75) is 50.2 Å². The zero-order valence-electron chi connectivity index (χ0n) is 20.9. The average molecular weight is 505 g/mol. The molecule has 2 fully saturated rings. The smallest absolute Gasteiger partial charge is 0.332 e. The van der Waals surface area contributed by atoms with Crippen LogP contribution in [0.15, 0.2) is 78.9 Å². The van der Waals surface area contributed by atoms with E-state index in [2.05, 4.69) is 16.4 Å². The molecule has 2 atom stereocenters. The van der Waals surface area contributed by atoms with Crippen LogP contribution in [-0.4, -0.2) is 39.8 Å². The number of benzene rings is 3. The van der Waals surface area contributed by atoms with Gasteiger partial charge < -0.3 is 10.3 Å². The Hall–Kier alpha value is -4.39. The van der Waals surface area contributed by atoms with Crippen LogP contribution in [0.25, 0.3) is 10.9 Å². The van der Waals surface area contributed by atoms with E-state index in [1.54, 1.807) is 29.2 Å². The second kappa shape index (κ2) is 8.87. The van der Waals surface area contributed by atoms with E-state index in [1.165, 1.54) is 4.90 Å². The lowest BCUT2D eigenvalue weighted by molar-refractivity contribution is -0.120. The topological polar surface area (TPSA) is 85.5 Å². The van der Waals surface area contributed by atoms with Crippen LogP contribution in [0.5, 0.6) is 0 Å². The summed E-state index contributed by atoms with van der Waals surface area (Å²) in [4.78, 5) is 48.0. The van der Waals surface area contributed by atoms with Gasteiger partial charge in [0.25, 0.3) is 11.8 Å². The molecule has 0 radical (unpaired) electrons. The standard InChI is InChI=1S/C31H28N4O3/c36-29(32-20-12-4-5-13-20)22-15-7-9-17-25(22)35-30(37)26-18-23-21-14-6-8-16-24(21)33-27(23)28(34(26)31(35)38)19-10-2-1-3-11-19/h1-3,6-11,14-17,20,26,28,33H,4-5,12-13,18H2,(H,32,36)/t26-,28-/m0/s1. The molecule has 3 aromatic carbocycles. The molecule has 7 nitrogen and oxygen atoms in total. The third-order valence-corrected chi connectivity index (χ3v) is 8.24. The van der Waals surface area contributed by atoms with Gasteiger partial charge in [0.2, 0.25) is 0 Å². The number of imide groups is 1. The highest BCUT2D eigenvalue weighted by atomic mass is 16.2. The summed E-state index contributed by atoms with van der Waals surface area (Å²) in [5.74, 6) is -0.540. The minimum Gasteiger partial charge on any atom is -0.356 e. The normalized spacial score (nSPS) is 21.2. The van der Waals surface area contributed by atoms with Crippen LogP contribution < -0.4 is 10.2 Å². The van der Waals surface area contributed by atoms with Crippen molar-refractivity contribution in [3.05, 3.63) is 101 Å². The summed E-state index contributed by atoms with van der Waals surface area (Å²) in [5, 5.41) is 4.18. The predicted octanol–water partition coefficient (Wildman–Crippen LogP) is 5.32. The van der Waals surface area contributed by atoms with Gasteiger partial charge >= 0.3 is 6.03 Å². The summed E-state index contributed by atoms with van der Waals surface area (Å²) in [6.45, 7) is 0. The highest BCUT2D eigenvalue weighted by molar-refractivity contribution is 6.24. The molecule has 2 aliphatic heterocycles. The van der Waals surface area contributed by atoms with E-state index < -0.39 is 18.1 Å². The minimum atomic E-state index is -0.662. The number of aromatic amines is 1. The molecule has 3 heterocycles. The van der Waals surface area contributed by atoms with E-state index in [0.717, 1.165) is 53.4 Å². The maximum Gasteiger partial charge on any atom is 0.332 e. The molecule has 38 heavy (non-hydrogen) atoms. The molecule has 1 saturated carbocycles. The third-order valence-electron chi connectivity index (χ3n) is 8.24. The number of fused-ring (bicyclic) bond motifs is 4. The van der Waals surface area contributed by atoms with E-state index in [4.69, 9.17) is 0 Å². The monoisotopic (exact) mass is 504 g/mol. The first-order valence-corrected chi connectivity index (χ1v) is 13.3. The molecule has 4 aromatic rings. The SMILES string of the molecule is O=C(NC1CCCC1)c1ccccc1N1C(=O)[C@@H]2Cc3c([nH]c4ccccc34)[C@H](c3ccccc3)N2C1=O. The molecule has 1 aliphatic carbocycles. The number of amides is 4. The van der Waals surface area contributed by atoms with Crippen molar-refractivity contribution >= 4 is 34.4 Å². The summed E-state index contributed by atoms with van der Waals surface area (Å²) in [6, 6.07) is 23.4. The van der Waals surface area contributed by atoms with Crippen molar-refractivity contribution in [3.63, 3.8) is 0 Å². The maximum atomic E-state index is 14.2. The van der Waals surface area contributed by atoms with Crippen molar-refractivity contribution in [2.75, 3.05) is 4.90 Å². The molecule has 190 valence electrons. The van der Waals surface area contributed by atoms with E-state index in [9.17, 15) is 14.4 Å². The van der Waals surface area contributed by atoms with E-state index in [0.29, 0.717) is 17.7 Å². The number of aromatic nitrogens is 1. The van der Waals surface area contributed by atoms with Gasteiger partial charge in [0.05, 0.1) is 11.3 Å². The number of carbonyl (C=O) groups is 3. The zero-order chi connectivity index (χ0) is 25.8. The van der Waals surface area contributed by atoms with Crippen molar-refractivity contribution in [2.24, 2.45) is 0 Å². The van der Waals surface area contributed by atoms with Gasteiger partial charge in [-0.15, -0.1) is 0 Å². The van der Waals surface area contributed by atoms with Gasteiger partial charge in [0.15, 0.2) is 0 Å². The quantitative estimate of drug-likeness (QED) is 0.369. The first-order chi connectivity index (χ1) is 18.6. The molecule has 1 aromatic heterocycles. The number of hydrogen-bond donors (Lipinski definition) is 2. The Kier molecular flexibility index (Phi) is 5.32. The highest BCUT2D eigenvalue weighted by Crippen LogP contribution is 2.45. The molecule has 3 aliphatic rings. The highest BCUT2D eigenvalue weighted by Gasteiger charge is 2.53. The number of para-hydroxylation sites is 2. The van der Waals surface area contributed by atoms with Crippen molar-refractivity contribution < 1.29 is 14.4 Å². The molecular weight excluding hydrogens is 476 g/mol. The van der Waals surface area contributed by atoms with Gasteiger partial charge in [-0.05, 0) is 42.2 Å². The fourth-order valence-corrected chi connectivity index (χ4v) is 6.47. The number of rotatable bonds is 4. The molecule has 0 unspecified atom stereocenters. The molecule has 7 rings (SSSR count). The van der Waals surface area contributed by atoms with Crippen LogP contribution in [0.2, 0.25) is 0 Å². The Morgan fingerprint density at radius 1 is 0.868 bits per heavy atom. The zero-order valence-corrected chi connectivity index (χ0v) is 20.9. The fraction of sp³-hybridized carbons (Fsp3) is 0.258. The summed E-state index contributed by atoms with van der Waals surface area (Å²) in [5.41, 5.74) is 4.61. The van der Waals surface area contributed by atoms with Crippen LogP contribution in [-0.2, 0) is 11.2 Å². The number of H-pyrrole nitrogens is 1. The number of hydrogen-bond acceptors (Lipinski definition) is 3. The van der Waals surface area contributed by atoms with Crippen LogP contribution in [0.3, 0.4) is 0 Å². The molecule has 0 spiro atoms. The van der Waals surface area contributed by atoms with E-state index in [1.807, 2.05) is 48.5 Å². The van der Waals surface area contributed by atoms with Gasteiger partial charge in [-0.25, -0.2) is 9.69 Å². The van der Waals surface area contributed by atoms with Gasteiger partial charge in [-0.3, -0.25) is 14.5 Å². The summed E-state index contributed by atoms with van der Waals surface area (Å²) < 4.78 is 0. The second-order valence-corrected chi connectivity index (χ2v) is 10.4. The Bertz CT molecular complexity index is 1570. The molecule has 7 heteroatoms. The van der Waals surface area contributed by atoms with Crippen molar-refractivity contribution in [3.8, 4) is 0 Å². The largest absolute Gasteiger partial charge is 0.356 e. The average Bonchev–Trinajstić information content (AvgIpc) is 3.65. The van der Waals surface area contributed by atoms with E-state index >= 15 is 0 Å². The predicted molar refractivity (Wildman–Crippen MR) is 145 cm³/mol. The Balaban J connectivity index is 1.32. The molecule has 1 saturated heterocycles. The van der Waals surface area contributed by atoms with Crippen molar-refractivity contribution in [1.82, 2.24) is 15.2 Å². The van der Waals surface area contributed by atoms with Gasteiger partial charge in [0.1, 0.15) is 12.1 Å². The molecule has 0 bridgehead atoms. The lowest BCUT2D eigenvalue weighted by atomic mass is 9.89. The summed E-state index contributed by atoms with van der Waals surface area (Å²) >= 11 is 0. The van der Waals surface area contributed by atoms with Gasteiger partial charge in [-0.1, -0.05) is 73.5 Å².